The molecule has 29 heavy (non-hydrogen) atoms. The van der Waals surface area contributed by atoms with E-state index in [1.54, 1.807) is 12.1 Å². The quantitative estimate of drug-likeness (QED) is 0.346. The summed E-state index contributed by atoms with van der Waals surface area (Å²) < 4.78 is 5.48. The molecule has 0 bridgehead atoms. The van der Waals surface area contributed by atoms with Crippen molar-refractivity contribution in [2.45, 2.75) is 0 Å². The number of benzene rings is 3. The van der Waals surface area contributed by atoms with Crippen molar-refractivity contribution in [3.05, 3.63) is 84.4 Å². The molecule has 0 aromatic heterocycles. The third-order valence-electron chi connectivity index (χ3n) is 3.87. The molecule has 0 heterocycles. The number of amides is 2. The fraction of sp³-hybridized carbons (Fsp3) is 0.0455. The Kier molecular flexibility index (Phi) is 6.91. The first kappa shape index (κ1) is 20.0. The molecule has 146 valence electrons. The minimum Gasteiger partial charge on any atom is -0.484 e. The summed E-state index contributed by atoms with van der Waals surface area (Å²) in [4.78, 5) is 23.7. The van der Waals surface area contributed by atoms with E-state index in [-0.39, 0.29) is 11.7 Å². The summed E-state index contributed by atoms with van der Waals surface area (Å²) in [5.41, 5.74) is 5.73. The third kappa shape index (κ3) is 6.44. The number of carbonyl (C=O) groups is 2. The third-order valence-corrected chi connectivity index (χ3v) is 4.07. The smallest absolute Gasteiger partial charge is 0.276 e. The van der Waals surface area contributed by atoms with Gasteiger partial charge in [-0.25, -0.2) is 0 Å². The molecule has 6 nitrogen and oxygen atoms in total. The first-order chi connectivity index (χ1) is 14.1. The molecule has 0 spiro atoms. The number of hydrogen-bond acceptors (Lipinski definition) is 4. The molecule has 3 aromatic rings. The molecule has 0 saturated carbocycles. The van der Waals surface area contributed by atoms with Crippen LogP contribution in [0.2, 0.25) is 0 Å². The number of hydrogen-bond donors (Lipinski definition) is 3. The summed E-state index contributed by atoms with van der Waals surface area (Å²) in [6, 6.07) is 22.8. The van der Waals surface area contributed by atoms with Crippen molar-refractivity contribution in [1.29, 1.82) is 0 Å². The maximum absolute atomic E-state index is 11.9. The Balaban J connectivity index is 1.39. The molecule has 0 aliphatic heterocycles. The van der Waals surface area contributed by atoms with E-state index in [0.29, 0.717) is 5.75 Å². The molecular formula is C22H19N3O3S. The molecule has 3 N–H and O–H groups in total. The minimum absolute atomic E-state index is 0.0215. The molecule has 0 fully saturated rings. The first-order valence-corrected chi connectivity index (χ1v) is 9.25. The summed E-state index contributed by atoms with van der Waals surface area (Å²) in [5.74, 6) is -0.261. The zero-order valence-electron chi connectivity index (χ0n) is 15.4. The van der Waals surface area contributed by atoms with Crippen molar-refractivity contribution in [2.24, 2.45) is 0 Å². The monoisotopic (exact) mass is 405 g/mol. The number of ether oxygens (including phenoxy) is 1. The van der Waals surface area contributed by atoms with Crippen LogP contribution in [-0.2, 0) is 9.59 Å². The van der Waals surface area contributed by atoms with E-state index in [1.807, 2.05) is 66.7 Å². The summed E-state index contributed by atoms with van der Waals surface area (Å²) in [6.45, 7) is -0.199. The largest absolute Gasteiger partial charge is 0.484 e. The Bertz CT molecular complexity index is 1050. The summed E-state index contributed by atoms with van der Waals surface area (Å²) >= 11 is 4.98. The molecule has 0 aliphatic carbocycles. The lowest BCUT2D eigenvalue weighted by molar-refractivity contribution is -0.123. The molecular weight excluding hydrogens is 386 g/mol. The summed E-state index contributed by atoms with van der Waals surface area (Å²) in [5, 5.41) is 4.53. The second-order valence-electron chi connectivity index (χ2n) is 6.03. The Labute approximate surface area is 173 Å². The van der Waals surface area contributed by atoms with Crippen LogP contribution in [0.15, 0.2) is 78.9 Å². The Morgan fingerprint density at radius 3 is 2.41 bits per heavy atom. The van der Waals surface area contributed by atoms with E-state index in [9.17, 15) is 9.59 Å². The molecule has 0 aliphatic rings. The van der Waals surface area contributed by atoms with Gasteiger partial charge in [-0.2, -0.15) is 0 Å². The molecule has 7 heteroatoms. The van der Waals surface area contributed by atoms with Crippen molar-refractivity contribution in [3.8, 4) is 5.75 Å². The second-order valence-corrected chi connectivity index (χ2v) is 6.44. The van der Waals surface area contributed by atoms with Crippen LogP contribution >= 0.6 is 12.2 Å². The van der Waals surface area contributed by atoms with Gasteiger partial charge in [-0.15, -0.1) is 0 Å². The highest BCUT2D eigenvalue weighted by atomic mass is 32.1. The van der Waals surface area contributed by atoms with Gasteiger partial charge in [0.25, 0.3) is 5.91 Å². The molecule has 0 radical (unpaired) electrons. The normalized spacial score (nSPS) is 10.5. The van der Waals surface area contributed by atoms with Crippen LogP contribution in [0.25, 0.3) is 16.8 Å². The SMILES string of the molecule is O=C(C=Cc1ccccc1)NC(=S)NNC(=O)COc1ccc2ccccc2c1. The fourth-order valence-corrected chi connectivity index (χ4v) is 2.64. The number of nitrogens with one attached hydrogen (secondary N) is 3. The van der Waals surface area contributed by atoms with Crippen LogP contribution < -0.4 is 20.9 Å². The van der Waals surface area contributed by atoms with Crippen LogP contribution in [-0.4, -0.2) is 23.5 Å². The highest BCUT2D eigenvalue weighted by Gasteiger charge is 2.05. The molecule has 3 rings (SSSR count). The zero-order chi connectivity index (χ0) is 20.5. The van der Waals surface area contributed by atoms with Gasteiger partial charge in [0, 0.05) is 6.08 Å². The van der Waals surface area contributed by atoms with Crippen molar-refractivity contribution in [1.82, 2.24) is 16.2 Å². The van der Waals surface area contributed by atoms with Gasteiger partial charge in [-0.1, -0.05) is 60.7 Å². The predicted molar refractivity (Wildman–Crippen MR) is 117 cm³/mol. The van der Waals surface area contributed by atoms with Crippen LogP contribution in [0, 0.1) is 0 Å². The van der Waals surface area contributed by atoms with Gasteiger partial charge in [0.15, 0.2) is 11.7 Å². The van der Waals surface area contributed by atoms with Gasteiger partial charge in [0.05, 0.1) is 0 Å². The average molecular weight is 405 g/mol. The molecule has 2 amide bonds. The molecule has 3 aromatic carbocycles. The highest BCUT2D eigenvalue weighted by molar-refractivity contribution is 7.80. The minimum atomic E-state index is -0.436. The van der Waals surface area contributed by atoms with Gasteiger partial charge >= 0.3 is 0 Å². The predicted octanol–water partition coefficient (Wildman–Crippen LogP) is 2.95. The topological polar surface area (TPSA) is 79.5 Å². The van der Waals surface area contributed by atoms with Crippen LogP contribution in [0.5, 0.6) is 5.75 Å². The molecule has 0 saturated heterocycles. The van der Waals surface area contributed by atoms with E-state index in [2.05, 4.69) is 16.2 Å². The Hall–Kier alpha value is -3.71. The summed E-state index contributed by atoms with van der Waals surface area (Å²) in [7, 11) is 0. The van der Waals surface area contributed by atoms with Crippen molar-refractivity contribution in [2.75, 3.05) is 6.61 Å². The van der Waals surface area contributed by atoms with Crippen molar-refractivity contribution < 1.29 is 14.3 Å². The standard InChI is InChI=1S/C22H19N3O3S/c26-20(13-10-16-6-2-1-3-7-16)23-22(29)25-24-21(27)15-28-19-12-11-17-8-4-5-9-18(17)14-19/h1-14H,15H2,(H,24,27)(H2,23,25,26,29). The van der Waals surface area contributed by atoms with E-state index in [1.165, 1.54) is 6.08 Å². The zero-order valence-corrected chi connectivity index (χ0v) is 16.2. The lowest BCUT2D eigenvalue weighted by Gasteiger charge is -2.11. The second kappa shape index (κ2) is 10.0. The summed E-state index contributed by atoms with van der Waals surface area (Å²) in [6.07, 6.45) is 3.02. The van der Waals surface area contributed by atoms with Crippen LogP contribution in [0.1, 0.15) is 5.56 Å². The number of fused-ring (bicyclic) bond motifs is 1. The first-order valence-electron chi connectivity index (χ1n) is 8.85. The van der Waals surface area contributed by atoms with Crippen molar-refractivity contribution in [3.63, 3.8) is 0 Å². The van der Waals surface area contributed by atoms with E-state index >= 15 is 0 Å². The molecule has 0 unspecified atom stereocenters. The maximum Gasteiger partial charge on any atom is 0.276 e. The van der Waals surface area contributed by atoms with Gasteiger partial charge in [-0.3, -0.25) is 25.8 Å². The molecule has 0 atom stereocenters. The van der Waals surface area contributed by atoms with Crippen molar-refractivity contribution >= 4 is 46.0 Å². The lowest BCUT2D eigenvalue weighted by atomic mass is 10.1. The Morgan fingerprint density at radius 1 is 0.897 bits per heavy atom. The highest BCUT2D eigenvalue weighted by Crippen LogP contribution is 2.20. The number of hydrazine groups is 1. The van der Waals surface area contributed by atoms with Gasteiger partial charge in [-0.05, 0) is 46.8 Å². The lowest BCUT2D eigenvalue weighted by Crippen LogP contribution is -2.49. The Morgan fingerprint density at radius 2 is 1.62 bits per heavy atom. The fourth-order valence-electron chi connectivity index (χ4n) is 2.49. The average Bonchev–Trinajstić information content (AvgIpc) is 2.75. The van der Waals surface area contributed by atoms with Gasteiger partial charge < -0.3 is 4.74 Å². The van der Waals surface area contributed by atoms with Crippen LogP contribution in [0.4, 0.5) is 0 Å². The van der Waals surface area contributed by atoms with Gasteiger partial charge in [0.1, 0.15) is 5.75 Å². The van der Waals surface area contributed by atoms with E-state index in [0.717, 1.165) is 16.3 Å². The van der Waals surface area contributed by atoms with Crippen LogP contribution in [0.3, 0.4) is 0 Å². The number of thiocarbonyl (C=S) groups is 1. The number of rotatable bonds is 5. The van der Waals surface area contributed by atoms with E-state index < -0.39 is 11.8 Å². The van der Waals surface area contributed by atoms with Gasteiger partial charge in [0.2, 0.25) is 5.91 Å². The number of carbonyl (C=O) groups excluding carboxylic acids is 2. The van der Waals surface area contributed by atoms with E-state index in [4.69, 9.17) is 17.0 Å². The maximum atomic E-state index is 11.9.